The van der Waals surface area contributed by atoms with Gasteiger partial charge in [-0.25, -0.2) is 0 Å². The van der Waals surface area contributed by atoms with Gasteiger partial charge in [0, 0.05) is 11.7 Å². The van der Waals surface area contributed by atoms with E-state index in [9.17, 15) is 5.11 Å². The van der Waals surface area contributed by atoms with Crippen molar-refractivity contribution in [2.75, 3.05) is 6.26 Å². The SMILES string of the molecule is CS[C@H]1[C@H](Cl)[C@@H](O)C[C@H]1O. The molecular formula is C6H11ClO2S. The van der Waals surface area contributed by atoms with Crippen LogP contribution < -0.4 is 0 Å². The molecule has 1 aliphatic rings. The van der Waals surface area contributed by atoms with E-state index in [0.29, 0.717) is 6.42 Å². The Morgan fingerprint density at radius 1 is 1.40 bits per heavy atom. The van der Waals surface area contributed by atoms with Gasteiger partial charge in [-0.15, -0.1) is 11.6 Å². The molecule has 0 bridgehead atoms. The minimum absolute atomic E-state index is 0.00309. The van der Waals surface area contributed by atoms with Gasteiger partial charge in [0.2, 0.25) is 0 Å². The number of aliphatic hydroxyl groups is 2. The fraction of sp³-hybridized carbons (Fsp3) is 1.00. The van der Waals surface area contributed by atoms with Crippen LogP contribution in [-0.2, 0) is 0 Å². The summed E-state index contributed by atoms with van der Waals surface area (Å²) in [6.07, 6.45) is 1.34. The first kappa shape index (κ1) is 8.65. The van der Waals surface area contributed by atoms with Crippen molar-refractivity contribution in [1.82, 2.24) is 0 Å². The van der Waals surface area contributed by atoms with Crippen LogP contribution in [-0.4, -0.2) is 39.3 Å². The van der Waals surface area contributed by atoms with E-state index < -0.39 is 12.2 Å². The van der Waals surface area contributed by atoms with E-state index in [-0.39, 0.29) is 10.6 Å². The summed E-state index contributed by atoms with van der Waals surface area (Å²) in [5.74, 6) is 0. The van der Waals surface area contributed by atoms with E-state index in [1.54, 1.807) is 0 Å². The molecule has 0 aromatic heterocycles. The highest BCUT2D eigenvalue weighted by Gasteiger charge is 2.39. The van der Waals surface area contributed by atoms with Gasteiger partial charge >= 0.3 is 0 Å². The topological polar surface area (TPSA) is 40.5 Å². The quantitative estimate of drug-likeness (QED) is 0.579. The van der Waals surface area contributed by atoms with Crippen LogP contribution in [0.4, 0.5) is 0 Å². The summed E-state index contributed by atoms with van der Waals surface area (Å²) >= 11 is 7.30. The smallest absolute Gasteiger partial charge is 0.0740 e. The lowest BCUT2D eigenvalue weighted by Crippen LogP contribution is -2.24. The Morgan fingerprint density at radius 2 is 2.00 bits per heavy atom. The summed E-state index contributed by atoms with van der Waals surface area (Å²) in [7, 11) is 0. The van der Waals surface area contributed by atoms with Crippen molar-refractivity contribution in [3.8, 4) is 0 Å². The van der Waals surface area contributed by atoms with Gasteiger partial charge in [-0.2, -0.15) is 11.8 Å². The fourth-order valence-corrected chi connectivity index (χ4v) is 2.68. The molecule has 0 radical (unpaired) electrons. The standard InChI is InChI=1S/C6H11ClO2S/c1-10-6-4(9)2-3(8)5(6)7/h3-6,8-9H,2H2,1H3/t3-,4+,5+,6+/m0/s1. The Morgan fingerprint density at radius 3 is 2.20 bits per heavy atom. The maximum atomic E-state index is 9.26. The van der Waals surface area contributed by atoms with Crippen LogP contribution in [0.3, 0.4) is 0 Å². The highest BCUT2D eigenvalue weighted by molar-refractivity contribution is 7.99. The third-order valence-corrected chi connectivity index (χ3v) is 3.68. The maximum Gasteiger partial charge on any atom is 0.0740 e. The first-order chi connectivity index (χ1) is 4.66. The predicted molar refractivity (Wildman–Crippen MR) is 43.6 cm³/mol. The fourth-order valence-electron chi connectivity index (χ4n) is 1.23. The molecule has 4 atom stereocenters. The molecule has 2 nitrogen and oxygen atoms in total. The molecule has 2 N–H and O–H groups in total. The molecule has 0 heterocycles. The second-order valence-corrected chi connectivity index (χ2v) is 4.03. The zero-order valence-corrected chi connectivity index (χ0v) is 7.27. The number of alkyl halides is 1. The van der Waals surface area contributed by atoms with Crippen LogP contribution in [0, 0.1) is 0 Å². The Labute approximate surface area is 69.6 Å². The van der Waals surface area contributed by atoms with Crippen LogP contribution in [0.15, 0.2) is 0 Å². The second kappa shape index (κ2) is 3.30. The summed E-state index contributed by atoms with van der Waals surface area (Å²) < 4.78 is 0. The summed E-state index contributed by atoms with van der Waals surface area (Å²) in [4.78, 5) is 0. The molecule has 0 aromatic carbocycles. The van der Waals surface area contributed by atoms with E-state index in [1.165, 1.54) is 11.8 Å². The Kier molecular flexibility index (Phi) is 2.86. The largest absolute Gasteiger partial charge is 0.392 e. The van der Waals surface area contributed by atoms with Gasteiger partial charge in [0.1, 0.15) is 0 Å². The van der Waals surface area contributed by atoms with Gasteiger partial charge in [-0.05, 0) is 6.26 Å². The van der Waals surface area contributed by atoms with E-state index in [2.05, 4.69) is 0 Å². The average Bonchev–Trinajstić information content (AvgIpc) is 2.09. The molecule has 0 spiro atoms. The number of hydrogen-bond donors (Lipinski definition) is 2. The van der Waals surface area contributed by atoms with E-state index in [1.807, 2.05) is 6.26 Å². The third-order valence-electron chi connectivity index (χ3n) is 1.82. The number of halogens is 1. The third kappa shape index (κ3) is 1.42. The van der Waals surface area contributed by atoms with Crippen LogP contribution in [0.5, 0.6) is 0 Å². The van der Waals surface area contributed by atoms with Gasteiger partial charge < -0.3 is 10.2 Å². The summed E-state index contributed by atoms with van der Waals surface area (Å²) in [6, 6.07) is 0. The zero-order valence-electron chi connectivity index (χ0n) is 5.70. The first-order valence-corrected chi connectivity index (χ1v) is 4.92. The summed E-state index contributed by atoms with van der Waals surface area (Å²) in [5, 5.41) is 18.1. The van der Waals surface area contributed by atoms with Crippen LogP contribution in [0.1, 0.15) is 6.42 Å². The molecule has 0 saturated heterocycles. The Bertz CT molecular complexity index is 122. The van der Waals surface area contributed by atoms with Crippen molar-refractivity contribution in [3.63, 3.8) is 0 Å². The zero-order chi connectivity index (χ0) is 7.72. The first-order valence-electron chi connectivity index (χ1n) is 3.20. The van der Waals surface area contributed by atoms with Gasteiger partial charge in [-0.1, -0.05) is 0 Å². The minimum atomic E-state index is -0.533. The van der Waals surface area contributed by atoms with Crippen LogP contribution >= 0.6 is 23.4 Å². The molecular weight excluding hydrogens is 172 g/mol. The number of hydrogen-bond acceptors (Lipinski definition) is 3. The lowest BCUT2D eigenvalue weighted by Gasteiger charge is -2.14. The number of thioether (sulfide) groups is 1. The summed E-state index contributed by atoms with van der Waals surface area (Å²) in [6.45, 7) is 0. The van der Waals surface area contributed by atoms with Gasteiger partial charge in [0.15, 0.2) is 0 Å². The van der Waals surface area contributed by atoms with Crippen molar-refractivity contribution < 1.29 is 10.2 Å². The molecule has 0 unspecified atom stereocenters. The van der Waals surface area contributed by atoms with E-state index in [0.717, 1.165) is 0 Å². The van der Waals surface area contributed by atoms with Gasteiger partial charge in [0.25, 0.3) is 0 Å². The molecule has 1 aliphatic carbocycles. The molecule has 10 heavy (non-hydrogen) atoms. The molecule has 1 fully saturated rings. The number of rotatable bonds is 1. The van der Waals surface area contributed by atoms with E-state index >= 15 is 0 Å². The van der Waals surface area contributed by atoms with Crippen molar-refractivity contribution >= 4 is 23.4 Å². The molecule has 1 saturated carbocycles. The highest BCUT2D eigenvalue weighted by atomic mass is 35.5. The molecule has 60 valence electrons. The van der Waals surface area contributed by atoms with E-state index in [4.69, 9.17) is 16.7 Å². The lowest BCUT2D eigenvalue weighted by atomic mass is 10.3. The normalized spacial score (nSPS) is 48.0. The van der Waals surface area contributed by atoms with Crippen molar-refractivity contribution in [2.45, 2.75) is 29.3 Å². The van der Waals surface area contributed by atoms with Crippen molar-refractivity contribution in [3.05, 3.63) is 0 Å². The van der Waals surface area contributed by atoms with Crippen LogP contribution in [0.25, 0.3) is 0 Å². The van der Waals surface area contributed by atoms with Gasteiger partial charge in [0.05, 0.1) is 17.6 Å². The van der Waals surface area contributed by atoms with Crippen molar-refractivity contribution in [1.29, 1.82) is 0 Å². The molecule has 0 amide bonds. The molecule has 0 aliphatic heterocycles. The molecule has 0 aromatic rings. The van der Waals surface area contributed by atoms with Gasteiger partial charge in [-0.3, -0.25) is 0 Å². The monoisotopic (exact) mass is 182 g/mol. The number of aliphatic hydroxyl groups excluding tert-OH is 2. The second-order valence-electron chi connectivity index (χ2n) is 2.52. The Balaban J connectivity index is 2.55. The predicted octanol–water partition coefficient (Wildman–Crippen LogP) is 0.451. The maximum absolute atomic E-state index is 9.26. The van der Waals surface area contributed by atoms with Crippen molar-refractivity contribution in [2.24, 2.45) is 0 Å². The minimum Gasteiger partial charge on any atom is -0.392 e. The Hall–Kier alpha value is 0.560. The molecule has 4 heteroatoms. The average molecular weight is 183 g/mol. The molecule has 1 rings (SSSR count). The summed E-state index contributed by atoms with van der Waals surface area (Å²) in [5.41, 5.74) is 0. The van der Waals surface area contributed by atoms with Crippen LogP contribution in [0.2, 0.25) is 0 Å². The lowest BCUT2D eigenvalue weighted by molar-refractivity contribution is 0.139. The highest BCUT2D eigenvalue weighted by Crippen LogP contribution is 2.32.